The summed E-state index contributed by atoms with van der Waals surface area (Å²) in [6.07, 6.45) is 6.79. The van der Waals surface area contributed by atoms with E-state index in [0.717, 1.165) is 37.8 Å². The van der Waals surface area contributed by atoms with Crippen molar-refractivity contribution >= 4 is 5.91 Å². The fourth-order valence-electron chi connectivity index (χ4n) is 2.56. The van der Waals surface area contributed by atoms with Gasteiger partial charge in [0.15, 0.2) is 0 Å². The van der Waals surface area contributed by atoms with Crippen LogP contribution in [-0.2, 0) is 6.42 Å². The number of nitrogens with zero attached hydrogens (tertiary/aromatic N) is 1. The Morgan fingerprint density at radius 1 is 1.42 bits per heavy atom. The average molecular weight is 265 g/mol. The summed E-state index contributed by atoms with van der Waals surface area (Å²) in [5.74, 6) is -0.214. The first-order valence-corrected chi connectivity index (χ1v) is 7.18. The van der Waals surface area contributed by atoms with E-state index < -0.39 is 5.60 Å². The van der Waals surface area contributed by atoms with Gasteiger partial charge in [0.05, 0.1) is 5.60 Å². The van der Waals surface area contributed by atoms with Gasteiger partial charge < -0.3 is 10.4 Å². The maximum absolute atomic E-state index is 11.9. The number of carbonyl (C=O) groups excluding carboxylic acids is 1. The van der Waals surface area contributed by atoms with Crippen LogP contribution in [0.1, 0.15) is 61.6 Å². The summed E-state index contributed by atoms with van der Waals surface area (Å²) < 4.78 is 0. The van der Waals surface area contributed by atoms with Crippen LogP contribution in [-0.4, -0.2) is 33.4 Å². The van der Waals surface area contributed by atoms with Crippen molar-refractivity contribution in [2.75, 3.05) is 6.54 Å². The number of aromatic amines is 1. The zero-order chi connectivity index (χ0) is 13.7. The molecule has 5 heteroatoms. The number of amides is 1. The monoisotopic (exact) mass is 265 g/mol. The van der Waals surface area contributed by atoms with Crippen LogP contribution in [0, 0.1) is 0 Å². The average Bonchev–Trinajstić information content (AvgIpc) is 2.79. The Kier molecular flexibility index (Phi) is 4.58. The summed E-state index contributed by atoms with van der Waals surface area (Å²) in [6, 6.07) is 1.76. The third-order valence-electron chi connectivity index (χ3n) is 3.86. The first-order valence-electron chi connectivity index (χ1n) is 7.18. The molecule has 19 heavy (non-hydrogen) atoms. The molecule has 1 aliphatic rings. The van der Waals surface area contributed by atoms with Crippen molar-refractivity contribution in [3.8, 4) is 0 Å². The molecule has 0 aliphatic heterocycles. The van der Waals surface area contributed by atoms with Crippen LogP contribution in [0.5, 0.6) is 0 Å². The maximum atomic E-state index is 11.9. The number of aryl methyl sites for hydroxylation is 1. The van der Waals surface area contributed by atoms with E-state index >= 15 is 0 Å². The second kappa shape index (κ2) is 6.19. The Hall–Kier alpha value is -1.36. The summed E-state index contributed by atoms with van der Waals surface area (Å²) in [6.45, 7) is 2.32. The van der Waals surface area contributed by atoms with E-state index in [-0.39, 0.29) is 5.91 Å². The number of H-pyrrole nitrogens is 1. The van der Waals surface area contributed by atoms with E-state index in [2.05, 4.69) is 15.5 Å². The van der Waals surface area contributed by atoms with E-state index in [1.54, 1.807) is 6.07 Å². The van der Waals surface area contributed by atoms with Crippen LogP contribution < -0.4 is 5.32 Å². The lowest BCUT2D eigenvalue weighted by molar-refractivity contribution is 0.0246. The van der Waals surface area contributed by atoms with E-state index in [9.17, 15) is 9.90 Å². The lowest BCUT2D eigenvalue weighted by atomic mass is 9.94. The normalized spacial score (nSPS) is 18.8. The number of nitrogens with one attached hydrogen (secondary N) is 2. The second-order valence-electron chi connectivity index (χ2n) is 5.45. The van der Waals surface area contributed by atoms with Gasteiger partial charge in [0.2, 0.25) is 0 Å². The quantitative estimate of drug-likeness (QED) is 0.726. The van der Waals surface area contributed by atoms with Crippen molar-refractivity contribution in [1.29, 1.82) is 0 Å². The minimum atomic E-state index is -0.740. The first-order chi connectivity index (χ1) is 9.13. The van der Waals surface area contributed by atoms with Gasteiger partial charge in [-0.1, -0.05) is 32.6 Å². The smallest absolute Gasteiger partial charge is 0.271 e. The minimum Gasteiger partial charge on any atom is -0.388 e. The highest BCUT2D eigenvalue weighted by Crippen LogP contribution is 2.26. The maximum Gasteiger partial charge on any atom is 0.271 e. The Morgan fingerprint density at radius 3 is 2.68 bits per heavy atom. The van der Waals surface area contributed by atoms with Crippen LogP contribution in [0.25, 0.3) is 0 Å². The van der Waals surface area contributed by atoms with Gasteiger partial charge in [-0.15, -0.1) is 0 Å². The Bertz CT molecular complexity index is 420. The van der Waals surface area contributed by atoms with Crippen molar-refractivity contribution in [3.63, 3.8) is 0 Å². The molecule has 0 bridgehead atoms. The van der Waals surface area contributed by atoms with Crippen molar-refractivity contribution < 1.29 is 9.90 Å². The van der Waals surface area contributed by atoms with Crippen LogP contribution in [0.2, 0.25) is 0 Å². The van der Waals surface area contributed by atoms with E-state index in [1.807, 2.05) is 6.92 Å². The Labute approximate surface area is 113 Å². The SMILES string of the molecule is CCc1cc(C(=O)NCC2(O)CCCCCC2)n[nH]1. The van der Waals surface area contributed by atoms with Crippen LogP contribution >= 0.6 is 0 Å². The third-order valence-corrected chi connectivity index (χ3v) is 3.86. The predicted molar refractivity (Wildman–Crippen MR) is 73.0 cm³/mol. The van der Waals surface area contributed by atoms with Gasteiger partial charge in [-0.05, 0) is 25.3 Å². The molecule has 1 amide bonds. The summed E-state index contributed by atoms with van der Waals surface area (Å²) >= 11 is 0. The van der Waals surface area contributed by atoms with Gasteiger partial charge in [0, 0.05) is 12.2 Å². The van der Waals surface area contributed by atoms with Gasteiger partial charge in [0.1, 0.15) is 5.69 Å². The molecule has 1 aliphatic carbocycles. The lowest BCUT2D eigenvalue weighted by Gasteiger charge is -2.26. The van der Waals surface area contributed by atoms with Crippen LogP contribution in [0.3, 0.4) is 0 Å². The summed E-state index contributed by atoms with van der Waals surface area (Å²) in [4.78, 5) is 11.9. The van der Waals surface area contributed by atoms with Crippen molar-refractivity contribution in [2.45, 2.75) is 57.5 Å². The molecule has 1 aromatic heterocycles. The van der Waals surface area contributed by atoms with Gasteiger partial charge >= 0.3 is 0 Å². The molecule has 5 nitrogen and oxygen atoms in total. The highest BCUT2D eigenvalue weighted by atomic mass is 16.3. The molecule has 106 valence electrons. The summed E-state index contributed by atoms with van der Waals surface area (Å²) in [7, 11) is 0. The van der Waals surface area contributed by atoms with Crippen LogP contribution in [0.15, 0.2) is 6.07 Å². The lowest BCUT2D eigenvalue weighted by Crippen LogP contribution is -2.42. The molecule has 0 spiro atoms. The zero-order valence-corrected chi connectivity index (χ0v) is 11.5. The van der Waals surface area contributed by atoms with Crippen LogP contribution in [0.4, 0.5) is 0 Å². The molecule has 0 unspecified atom stereocenters. The number of aliphatic hydroxyl groups is 1. The molecule has 1 aromatic rings. The van der Waals surface area contributed by atoms with Crippen molar-refractivity contribution in [3.05, 3.63) is 17.5 Å². The topological polar surface area (TPSA) is 78.0 Å². The third kappa shape index (κ3) is 3.80. The molecule has 3 N–H and O–H groups in total. The number of carbonyl (C=O) groups is 1. The molecular weight excluding hydrogens is 242 g/mol. The molecule has 1 saturated carbocycles. The van der Waals surface area contributed by atoms with Gasteiger partial charge in [-0.3, -0.25) is 9.89 Å². The fraction of sp³-hybridized carbons (Fsp3) is 0.714. The number of hydrogen-bond acceptors (Lipinski definition) is 3. The van der Waals surface area contributed by atoms with Gasteiger partial charge in [0.25, 0.3) is 5.91 Å². The molecule has 0 atom stereocenters. The van der Waals surface area contributed by atoms with Crippen molar-refractivity contribution in [1.82, 2.24) is 15.5 Å². The molecule has 0 radical (unpaired) electrons. The highest BCUT2D eigenvalue weighted by molar-refractivity contribution is 5.92. The fourth-order valence-corrected chi connectivity index (χ4v) is 2.56. The van der Waals surface area contributed by atoms with E-state index in [0.29, 0.717) is 12.2 Å². The zero-order valence-electron chi connectivity index (χ0n) is 11.5. The molecule has 2 rings (SSSR count). The highest BCUT2D eigenvalue weighted by Gasteiger charge is 2.28. The van der Waals surface area contributed by atoms with E-state index in [4.69, 9.17) is 0 Å². The van der Waals surface area contributed by atoms with Crippen molar-refractivity contribution in [2.24, 2.45) is 0 Å². The molecular formula is C14H23N3O2. The molecule has 0 aromatic carbocycles. The predicted octanol–water partition coefficient (Wildman–Crippen LogP) is 1.79. The van der Waals surface area contributed by atoms with Gasteiger partial charge in [-0.25, -0.2) is 0 Å². The summed E-state index contributed by atoms with van der Waals surface area (Å²) in [5.41, 5.74) is 0.600. The minimum absolute atomic E-state index is 0.214. The summed E-state index contributed by atoms with van der Waals surface area (Å²) in [5, 5.41) is 20.1. The standard InChI is InChI=1S/C14H23N3O2/c1-2-11-9-12(17-16-11)13(18)15-10-14(19)7-5-3-4-6-8-14/h9,19H,2-8,10H2,1H3,(H,15,18)(H,16,17). The molecule has 0 saturated heterocycles. The Morgan fingerprint density at radius 2 is 2.11 bits per heavy atom. The number of rotatable bonds is 4. The molecule has 1 fully saturated rings. The Balaban J connectivity index is 1.88. The van der Waals surface area contributed by atoms with Gasteiger partial charge in [-0.2, -0.15) is 5.10 Å². The largest absolute Gasteiger partial charge is 0.388 e. The number of aromatic nitrogens is 2. The first kappa shape index (κ1) is 14.1. The van der Waals surface area contributed by atoms with E-state index in [1.165, 1.54) is 12.8 Å². The molecule has 1 heterocycles. The second-order valence-corrected chi connectivity index (χ2v) is 5.45. The number of hydrogen-bond donors (Lipinski definition) is 3.